The Morgan fingerprint density at radius 3 is 2.93 bits per heavy atom. The van der Waals surface area contributed by atoms with Gasteiger partial charge in [0.05, 0.1) is 4.43 Å². The number of hydrogen-bond donors (Lipinski definition) is 0. The Kier molecular flexibility index (Phi) is 2.81. The van der Waals surface area contributed by atoms with Crippen LogP contribution >= 0.6 is 22.6 Å². The van der Waals surface area contributed by atoms with E-state index in [1.165, 1.54) is 5.56 Å². The van der Waals surface area contributed by atoms with Crippen LogP contribution in [0.3, 0.4) is 0 Å². The number of halogens is 1. The van der Waals surface area contributed by atoms with Gasteiger partial charge in [0.25, 0.3) is 5.89 Å². The minimum absolute atomic E-state index is 0.598. The van der Waals surface area contributed by atoms with Gasteiger partial charge in [-0.05, 0) is 19.1 Å². The summed E-state index contributed by atoms with van der Waals surface area (Å²) in [6.07, 6.45) is 0. The van der Waals surface area contributed by atoms with Gasteiger partial charge < -0.3 is 4.52 Å². The average Bonchev–Trinajstić information content (AvgIpc) is 2.66. The molecule has 0 atom stereocenters. The predicted molar refractivity (Wildman–Crippen MR) is 62.2 cm³/mol. The van der Waals surface area contributed by atoms with Crippen LogP contribution in [-0.4, -0.2) is 10.1 Å². The first-order valence-electron chi connectivity index (χ1n) is 4.25. The summed E-state index contributed by atoms with van der Waals surface area (Å²) < 4.78 is 5.90. The molecule has 2 aromatic rings. The SMILES string of the molecule is Cc1cccc(-c2nc(CI)no2)c1. The fourth-order valence-electron chi connectivity index (χ4n) is 1.20. The highest BCUT2D eigenvalue weighted by molar-refractivity contribution is 14.1. The van der Waals surface area contributed by atoms with Crippen molar-refractivity contribution in [1.82, 2.24) is 10.1 Å². The summed E-state index contributed by atoms with van der Waals surface area (Å²) in [7, 11) is 0. The van der Waals surface area contributed by atoms with Gasteiger partial charge in [-0.3, -0.25) is 0 Å². The van der Waals surface area contributed by atoms with Gasteiger partial charge in [-0.2, -0.15) is 4.98 Å². The van der Waals surface area contributed by atoms with E-state index in [0.717, 1.165) is 15.8 Å². The van der Waals surface area contributed by atoms with Crippen molar-refractivity contribution in [2.75, 3.05) is 0 Å². The Bertz CT molecular complexity index is 439. The molecule has 72 valence electrons. The molecule has 0 N–H and O–H groups in total. The highest BCUT2D eigenvalue weighted by Gasteiger charge is 2.06. The molecule has 0 radical (unpaired) electrons. The van der Waals surface area contributed by atoms with Crippen molar-refractivity contribution in [2.45, 2.75) is 11.4 Å². The van der Waals surface area contributed by atoms with Crippen molar-refractivity contribution in [3.63, 3.8) is 0 Å². The molecule has 2 rings (SSSR count). The molecule has 0 aliphatic rings. The minimum atomic E-state index is 0.598. The van der Waals surface area contributed by atoms with E-state index in [9.17, 15) is 0 Å². The van der Waals surface area contributed by atoms with Crippen LogP contribution in [-0.2, 0) is 4.43 Å². The number of aryl methyl sites for hydroxylation is 1. The van der Waals surface area contributed by atoms with Gasteiger partial charge in [0.1, 0.15) is 0 Å². The summed E-state index contributed by atoms with van der Waals surface area (Å²) in [5, 5.41) is 3.85. The van der Waals surface area contributed by atoms with Crippen LogP contribution in [0.25, 0.3) is 11.5 Å². The minimum Gasteiger partial charge on any atom is -0.334 e. The molecule has 3 nitrogen and oxygen atoms in total. The summed E-state index contributed by atoms with van der Waals surface area (Å²) in [6, 6.07) is 8.03. The van der Waals surface area contributed by atoms with E-state index in [-0.39, 0.29) is 0 Å². The second-order valence-corrected chi connectivity index (χ2v) is 3.78. The Balaban J connectivity index is 2.39. The normalized spacial score (nSPS) is 10.4. The Hall–Kier alpha value is -0.910. The summed E-state index contributed by atoms with van der Waals surface area (Å²) >= 11 is 2.21. The molecule has 0 saturated carbocycles. The summed E-state index contributed by atoms with van der Waals surface area (Å²) in [5.74, 6) is 1.34. The van der Waals surface area contributed by atoms with Crippen LogP contribution in [0.1, 0.15) is 11.4 Å². The molecule has 4 heteroatoms. The molecule has 0 unspecified atom stereocenters. The van der Waals surface area contributed by atoms with Crippen molar-refractivity contribution < 1.29 is 4.52 Å². The van der Waals surface area contributed by atoms with E-state index in [1.807, 2.05) is 31.2 Å². The lowest BCUT2D eigenvalue weighted by Gasteiger charge is -1.94. The first-order valence-corrected chi connectivity index (χ1v) is 5.78. The fourth-order valence-corrected chi connectivity index (χ4v) is 1.51. The number of hydrogen-bond acceptors (Lipinski definition) is 3. The lowest BCUT2D eigenvalue weighted by molar-refractivity contribution is 0.425. The molecule has 1 heterocycles. The molecule has 0 aliphatic heterocycles. The number of nitrogens with zero attached hydrogens (tertiary/aromatic N) is 2. The van der Waals surface area contributed by atoms with Gasteiger partial charge in [0.2, 0.25) is 0 Å². The molecule has 0 fully saturated rings. The van der Waals surface area contributed by atoms with Gasteiger partial charge in [0.15, 0.2) is 5.82 Å². The van der Waals surface area contributed by atoms with E-state index >= 15 is 0 Å². The summed E-state index contributed by atoms with van der Waals surface area (Å²) in [4.78, 5) is 4.25. The van der Waals surface area contributed by atoms with Gasteiger partial charge in [0, 0.05) is 5.56 Å². The maximum Gasteiger partial charge on any atom is 0.257 e. The molecule has 1 aromatic heterocycles. The summed E-state index contributed by atoms with van der Waals surface area (Å²) in [6.45, 7) is 2.04. The highest BCUT2D eigenvalue weighted by Crippen LogP contribution is 2.18. The van der Waals surface area contributed by atoms with Crippen LogP contribution in [0, 0.1) is 6.92 Å². The van der Waals surface area contributed by atoms with Gasteiger partial charge in [-0.15, -0.1) is 0 Å². The zero-order valence-corrected chi connectivity index (χ0v) is 9.85. The fraction of sp³-hybridized carbons (Fsp3) is 0.200. The van der Waals surface area contributed by atoms with E-state index < -0.39 is 0 Å². The van der Waals surface area contributed by atoms with Crippen LogP contribution in [0.5, 0.6) is 0 Å². The Morgan fingerprint density at radius 1 is 1.43 bits per heavy atom. The number of benzene rings is 1. The number of aromatic nitrogens is 2. The third kappa shape index (κ3) is 1.95. The Labute approximate surface area is 95.7 Å². The Morgan fingerprint density at radius 2 is 2.29 bits per heavy atom. The van der Waals surface area contributed by atoms with E-state index in [2.05, 4.69) is 32.7 Å². The van der Waals surface area contributed by atoms with Crippen LogP contribution < -0.4 is 0 Å². The molecule has 0 bridgehead atoms. The van der Waals surface area contributed by atoms with Crippen molar-refractivity contribution >= 4 is 22.6 Å². The molecule has 0 amide bonds. The van der Waals surface area contributed by atoms with E-state index in [4.69, 9.17) is 4.52 Å². The highest BCUT2D eigenvalue weighted by atomic mass is 127. The largest absolute Gasteiger partial charge is 0.334 e. The molecule has 1 aromatic carbocycles. The second-order valence-electron chi connectivity index (χ2n) is 3.02. The standard InChI is InChI=1S/C10H9IN2O/c1-7-3-2-4-8(5-7)10-12-9(6-11)13-14-10/h2-5H,6H2,1H3. The number of alkyl halides is 1. The molecule has 0 saturated heterocycles. The maximum absolute atomic E-state index is 5.13. The van der Waals surface area contributed by atoms with Crippen molar-refractivity contribution in [3.05, 3.63) is 35.7 Å². The smallest absolute Gasteiger partial charge is 0.257 e. The topological polar surface area (TPSA) is 38.9 Å². The predicted octanol–water partition coefficient (Wildman–Crippen LogP) is 2.98. The molecule has 0 aliphatic carbocycles. The van der Waals surface area contributed by atoms with Crippen LogP contribution in [0.4, 0.5) is 0 Å². The lowest BCUT2D eigenvalue weighted by atomic mass is 10.1. The zero-order valence-electron chi connectivity index (χ0n) is 7.70. The average molecular weight is 300 g/mol. The van der Waals surface area contributed by atoms with E-state index in [1.54, 1.807) is 0 Å². The van der Waals surface area contributed by atoms with Crippen LogP contribution in [0.15, 0.2) is 28.8 Å². The first-order chi connectivity index (χ1) is 6.79. The summed E-state index contributed by atoms with van der Waals surface area (Å²) in [5.41, 5.74) is 2.17. The number of rotatable bonds is 2. The van der Waals surface area contributed by atoms with Gasteiger partial charge >= 0.3 is 0 Å². The maximum atomic E-state index is 5.13. The van der Waals surface area contributed by atoms with Crippen molar-refractivity contribution in [1.29, 1.82) is 0 Å². The van der Waals surface area contributed by atoms with Gasteiger partial charge in [-0.1, -0.05) is 45.4 Å². The quantitative estimate of drug-likeness (QED) is 0.632. The molecular weight excluding hydrogens is 291 g/mol. The lowest BCUT2D eigenvalue weighted by Crippen LogP contribution is -1.81. The third-order valence-electron chi connectivity index (χ3n) is 1.85. The molecular formula is C10H9IN2O. The second kappa shape index (κ2) is 4.08. The van der Waals surface area contributed by atoms with Crippen molar-refractivity contribution in [3.8, 4) is 11.5 Å². The van der Waals surface area contributed by atoms with Crippen LogP contribution in [0.2, 0.25) is 0 Å². The molecule has 14 heavy (non-hydrogen) atoms. The van der Waals surface area contributed by atoms with Gasteiger partial charge in [-0.25, -0.2) is 0 Å². The monoisotopic (exact) mass is 300 g/mol. The van der Waals surface area contributed by atoms with E-state index in [0.29, 0.717) is 5.89 Å². The first kappa shape index (κ1) is 9.64. The molecule has 0 spiro atoms. The third-order valence-corrected chi connectivity index (χ3v) is 2.53. The van der Waals surface area contributed by atoms with Crippen molar-refractivity contribution in [2.24, 2.45) is 0 Å². The zero-order chi connectivity index (χ0) is 9.97.